The lowest BCUT2D eigenvalue weighted by Crippen LogP contribution is -2.36. The van der Waals surface area contributed by atoms with Crippen molar-refractivity contribution < 1.29 is 19.4 Å². The molecule has 0 aliphatic heterocycles. The van der Waals surface area contributed by atoms with Crippen LogP contribution in [-0.4, -0.2) is 61.5 Å². The van der Waals surface area contributed by atoms with Gasteiger partial charge in [-0.1, -0.05) is 181 Å². The summed E-state index contributed by atoms with van der Waals surface area (Å²) in [6.45, 7) is 13.7. The van der Waals surface area contributed by atoms with Crippen LogP contribution in [0.15, 0.2) is 0 Å². The van der Waals surface area contributed by atoms with E-state index in [-0.39, 0.29) is 18.5 Å². The van der Waals surface area contributed by atoms with Gasteiger partial charge >= 0.3 is 5.97 Å². The molecule has 0 saturated carbocycles. The summed E-state index contributed by atoms with van der Waals surface area (Å²) in [4.78, 5) is 15.5. The number of esters is 1. The molecule has 5 nitrogen and oxygen atoms in total. The number of aliphatic hydroxyl groups is 1. The maximum absolute atomic E-state index is 13.0. The van der Waals surface area contributed by atoms with Crippen LogP contribution in [0.1, 0.15) is 233 Å². The first-order valence-electron chi connectivity index (χ1n) is 22.7. The second kappa shape index (κ2) is 41.1. The Labute approximate surface area is 314 Å². The molecule has 0 aromatic carbocycles. The van der Waals surface area contributed by atoms with Crippen molar-refractivity contribution in [3.05, 3.63) is 0 Å². The van der Waals surface area contributed by atoms with E-state index in [4.69, 9.17) is 9.47 Å². The summed E-state index contributed by atoms with van der Waals surface area (Å²) in [5, 5.41) is 9.66. The number of hydrogen-bond donors (Lipinski definition) is 1. The van der Waals surface area contributed by atoms with Crippen molar-refractivity contribution in [2.45, 2.75) is 239 Å². The zero-order valence-corrected chi connectivity index (χ0v) is 34.6. The Hall–Kier alpha value is -0.650. The van der Waals surface area contributed by atoms with E-state index >= 15 is 0 Å². The zero-order valence-electron chi connectivity index (χ0n) is 34.6. The van der Waals surface area contributed by atoms with Crippen LogP contribution in [-0.2, 0) is 14.3 Å². The van der Waals surface area contributed by atoms with Crippen LogP contribution in [0, 0.1) is 5.92 Å². The second-order valence-corrected chi connectivity index (χ2v) is 15.6. The van der Waals surface area contributed by atoms with Crippen molar-refractivity contribution in [1.29, 1.82) is 0 Å². The van der Waals surface area contributed by atoms with Crippen molar-refractivity contribution in [1.82, 2.24) is 4.90 Å². The highest BCUT2D eigenvalue weighted by atomic mass is 16.5. The fraction of sp³-hybridized carbons (Fsp3) is 0.978. The maximum Gasteiger partial charge on any atom is 0.308 e. The minimum Gasteiger partial charge on any atom is -0.465 e. The fourth-order valence-corrected chi connectivity index (χ4v) is 7.26. The lowest BCUT2D eigenvalue weighted by atomic mass is 9.94. The monoisotopic (exact) mass is 710 g/mol. The molecule has 0 fully saturated rings. The highest BCUT2D eigenvalue weighted by molar-refractivity contribution is 5.72. The standard InChI is InChI=1S/C45H91NO4/c1-5-8-11-14-21-28-35-44(36-29-22-15-12-9-6-2)45(48)50-42-33-26-19-23-30-37-46(38-39-47)43(4)34-27-20-17-18-25-32-41-49-40-31-24-16-13-10-7-3/h43-44,47H,5-42H2,1-4H3. The molecule has 0 aliphatic carbocycles. The normalized spacial score (nSPS) is 12.4. The number of nitrogens with zero attached hydrogens (tertiary/aromatic N) is 1. The number of carbonyl (C=O) groups is 1. The van der Waals surface area contributed by atoms with Crippen LogP contribution in [0.2, 0.25) is 0 Å². The second-order valence-electron chi connectivity index (χ2n) is 15.6. The molecular weight excluding hydrogens is 618 g/mol. The summed E-state index contributed by atoms with van der Waals surface area (Å²) >= 11 is 0. The molecule has 0 amide bonds. The van der Waals surface area contributed by atoms with Gasteiger partial charge in [0.05, 0.1) is 19.1 Å². The van der Waals surface area contributed by atoms with E-state index in [9.17, 15) is 9.90 Å². The van der Waals surface area contributed by atoms with Crippen LogP contribution < -0.4 is 0 Å². The molecule has 1 N–H and O–H groups in total. The molecule has 300 valence electrons. The van der Waals surface area contributed by atoms with Crippen LogP contribution in [0.25, 0.3) is 0 Å². The Kier molecular flexibility index (Phi) is 40.6. The van der Waals surface area contributed by atoms with Gasteiger partial charge in [-0.3, -0.25) is 9.69 Å². The van der Waals surface area contributed by atoms with Crippen molar-refractivity contribution >= 4 is 5.97 Å². The Morgan fingerprint density at radius 2 is 0.860 bits per heavy atom. The highest BCUT2D eigenvalue weighted by Crippen LogP contribution is 2.21. The Balaban J connectivity index is 3.98. The fourth-order valence-electron chi connectivity index (χ4n) is 7.26. The summed E-state index contributed by atoms with van der Waals surface area (Å²) in [5.74, 6) is 0.181. The van der Waals surface area contributed by atoms with E-state index < -0.39 is 0 Å². The molecule has 0 rings (SSSR count). The van der Waals surface area contributed by atoms with Crippen molar-refractivity contribution in [2.75, 3.05) is 39.5 Å². The van der Waals surface area contributed by atoms with Gasteiger partial charge in [-0.25, -0.2) is 0 Å². The first kappa shape index (κ1) is 49.4. The molecule has 5 heteroatoms. The Morgan fingerprint density at radius 3 is 1.32 bits per heavy atom. The van der Waals surface area contributed by atoms with E-state index in [0.717, 1.165) is 52.0 Å². The molecule has 0 spiro atoms. The zero-order chi connectivity index (χ0) is 36.6. The number of aliphatic hydroxyl groups excluding tert-OH is 1. The van der Waals surface area contributed by atoms with Crippen LogP contribution >= 0.6 is 0 Å². The SMILES string of the molecule is CCCCCCCCOCCCCCCCCC(C)N(CCO)CCCCCCCOC(=O)C(CCCCCCCC)CCCCCCCC. The summed E-state index contributed by atoms with van der Waals surface area (Å²) in [7, 11) is 0. The lowest BCUT2D eigenvalue weighted by Gasteiger charge is -2.28. The van der Waals surface area contributed by atoms with Gasteiger partial charge in [0.15, 0.2) is 0 Å². The number of rotatable bonds is 42. The van der Waals surface area contributed by atoms with Gasteiger partial charge in [0.1, 0.15) is 0 Å². The third-order valence-corrected chi connectivity index (χ3v) is 10.8. The minimum atomic E-state index is 0.0735. The molecule has 0 bridgehead atoms. The van der Waals surface area contributed by atoms with Crippen LogP contribution in [0.3, 0.4) is 0 Å². The van der Waals surface area contributed by atoms with E-state index in [1.54, 1.807) is 0 Å². The van der Waals surface area contributed by atoms with Gasteiger partial charge in [0.2, 0.25) is 0 Å². The van der Waals surface area contributed by atoms with Gasteiger partial charge in [0, 0.05) is 25.8 Å². The predicted octanol–water partition coefficient (Wildman–Crippen LogP) is 13.4. The Morgan fingerprint density at radius 1 is 0.480 bits per heavy atom. The molecule has 0 aliphatic rings. The van der Waals surface area contributed by atoms with Crippen molar-refractivity contribution in [3.63, 3.8) is 0 Å². The lowest BCUT2D eigenvalue weighted by molar-refractivity contribution is -0.149. The van der Waals surface area contributed by atoms with Crippen LogP contribution in [0.4, 0.5) is 0 Å². The number of ether oxygens (including phenoxy) is 2. The highest BCUT2D eigenvalue weighted by Gasteiger charge is 2.19. The molecule has 0 radical (unpaired) electrons. The average molecular weight is 710 g/mol. The Bertz CT molecular complexity index is 643. The van der Waals surface area contributed by atoms with E-state index in [2.05, 4.69) is 32.6 Å². The van der Waals surface area contributed by atoms with Gasteiger partial charge in [0.25, 0.3) is 0 Å². The summed E-state index contributed by atoms with van der Waals surface area (Å²) in [6.07, 6.45) is 40.1. The van der Waals surface area contributed by atoms with Gasteiger partial charge in [-0.15, -0.1) is 0 Å². The molecule has 0 aromatic rings. The quantitative estimate of drug-likeness (QED) is 0.0505. The number of carbonyl (C=O) groups excluding carboxylic acids is 1. The third-order valence-electron chi connectivity index (χ3n) is 10.8. The van der Waals surface area contributed by atoms with Crippen LogP contribution in [0.5, 0.6) is 0 Å². The largest absolute Gasteiger partial charge is 0.465 e. The number of hydrogen-bond acceptors (Lipinski definition) is 5. The smallest absolute Gasteiger partial charge is 0.308 e. The molecule has 1 unspecified atom stereocenters. The van der Waals surface area contributed by atoms with E-state index in [1.165, 1.54) is 180 Å². The van der Waals surface area contributed by atoms with E-state index in [0.29, 0.717) is 12.6 Å². The predicted molar refractivity (Wildman–Crippen MR) is 218 cm³/mol. The van der Waals surface area contributed by atoms with Crippen molar-refractivity contribution in [2.24, 2.45) is 5.92 Å². The first-order chi connectivity index (χ1) is 24.6. The average Bonchev–Trinajstić information content (AvgIpc) is 3.12. The third kappa shape index (κ3) is 34.4. The van der Waals surface area contributed by atoms with Crippen molar-refractivity contribution in [3.8, 4) is 0 Å². The molecule has 0 heterocycles. The minimum absolute atomic E-state index is 0.0735. The molecule has 1 atom stereocenters. The topological polar surface area (TPSA) is 59.0 Å². The van der Waals surface area contributed by atoms with Gasteiger partial charge in [-0.05, 0) is 58.4 Å². The van der Waals surface area contributed by atoms with E-state index in [1.807, 2.05) is 0 Å². The molecular formula is C45H91NO4. The summed E-state index contributed by atoms with van der Waals surface area (Å²) < 4.78 is 11.7. The maximum atomic E-state index is 13.0. The van der Waals surface area contributed by atoms with Gasteiger partial charge in [-0.2, -0.15) is 0 Å². The summed E-state index contributed by atoms with van der Waals surface area (Å²) in [5.41, 5.74) is 0. The molecule has 50 heavy (non-hydrogen) atoms. The summed E-state index contributed by atoms with van der Waals surface area (Å²) in [6, 6.07) is 0.539. The first-order valence-corrected chi connectivity index (χ1v) is 22.7. The molecule has 0 aromatic heterocycles. The molecule has 0 saturated heterocycles. The van der Waals surface area contributed by atoms with Gasteiger partial charge < -0.3 is 14.6 Å². The number of unbranched alkanes of at least 4 members (excludes halogenated alkanes) is 24.